The maximum Gasteiger partial charge on any atom is 0.132 e. The van der Waals surface area contributed by atoms with Crippen LogP contribution < -0.4 is 5.43 Å². The Morgan fingerprint density at radius 1 is 1.00 bits per heavy atom. The lowest BCUT2D eigenvalue weighted by Gasteiger charge is -2.15. The molecule has 122 valence electrons. The van der Waals surface area contributed by atoms with E-state index in [1.807, 2.05) is 36.4 Å². The lowest BCUT2D eigenvalue weighted by Crippen LogP contribution is -2.21. The molecule has 2 heterocycles. The van der Waals surface area contributed by atoms with E-state index >= 15 is 0 Å². The molecule has 0 fully saturated rings. The number of nitrogens with one attached hydrogen (secondary N) is 2. The molecule has 25 heavy (non-hydrogen) atoms. The molecule has 1 aromatic heterocycles. The monoisotopic (exact) mass is 346 g/mol. The third-order valence-corrected chi connectivity index (χ3v) is 4.92. The maximum absolute atomic E-state index is 6.11. The molecule has 1 aliphatic carbocycles. The Hall–Kier alpha value is -2.85. The van der Waals surface area contributed by atoms with Crippen molar-refractivity contribution in [3.63, 3.8) is 0 Å². The van der Waals surface area contributed by atoms with Gasteiger partial charge in [0.05, 0.1) is 22.7 Å². The Balaban J connectivity index is 1.52. The van der Waals surface area contributed by atoms with Crippen molar-refractivity contribution in [1.29, 1.82) is 0 Å². The average Bonchev–Trinajstić information content (AvgIpc) is 3.24. The van der Waals surface area contributed by atoms with Crippen molar-refractivity contribution in [2.24, 2.45) is 11.0 Å². The first-order valence-electron chi connectivity index (χ1n) is 8.21. The van der Waals surface area contributed by atoms with Gasteiger partial charge in [-0.2, -0.15) is 5.10 Å². The van der Waals surface area contributed by atoms with E-state index in [2.05, 4.69) is 45.9 Å². The van der Waals surface area contributed by atoms with Crippen LogP contribution in [0.25, 0.3) is 22.2 Å². The molecular formula is C20H15ClN4. The molecule has 0 bridgehead atoms. The van der Waals surface area contributed by atoms with Gasteiger partial charge < -0.3 is 4.98 Å². The number of H-pyrrole nitrogens is 1. The molecule has 2 aromatic carbocycles. The Bertz CT molecular complexity index is 1060. The lowest BCUT2D eigenvalue weighted by atomic mass is 9.92. The normalized spacial score (nSPS) is 21.2. The molecule has 0 radical (unpaired) electrons. The van der Waals surface area contributed by atoms with Gasteiger partial charge in [0.2, 0.25) is 0 Å². The topological polar surface area (TPSA) is 53.1 Å². The number of nitrogens with zero attached hydrogens (tertiary/aromatic N) is 2. The zero-order chi connectivity index (χ0) is 16.8. The van der Waals surface area contributed by atoms with E-state index in [1.54, 1.807) is 0 Å². The second kappa shape index (κ2) is 5.60. The van der Waals surface area contributed by atoms with Crippen molar-refractivity contribution in [1.82, 2.24) is 15.4 Å². The second-order valence-corrected chi connectivity index (χ2v) is 6.71. The first kappa shape index (κ1) is 14.5. The number of hydrogen-bond donors (Lipinski definition) is 2. The van der Waals surface area contributed by atoms with Crippen LogP contribution in [0.2, 0.25) is 5.02 Å². The smallest absolute Gasteiger partial charge is 0.132 e. The van der Waals surface area contributed by atoms with E-state index in [4.69, 9.17) is 16.6 Å². The zero-order valence-corrected chi connectivity index (χ0v) is 14.0. The third-order valence-electron chi connectivity index (χ3n) is 4.68. The minimum absolute atomic E-state index is 0.0400. The van der Waals surface area contributed by atoms with Gasteiger partial charge in [-0.15, -0.1) is 0 Å². The van der Waals surface area contributed by atoms with Crippen LogP contribution in [0.5, 0.6) is 0 Å². The number of hydrogen-bond acceptors (Lipinski definition) is 3. The van der Waals surface area contributed by atoms with Crippen LogP contribution in [0, 0.1) is 5.92 Å². The largest absolute Gasteiger partial charge is 0.340 e. The van der Waals surface area contributed by atoms with Crippen LogP contribution in [0.4, 0.5) is 0 Å². The minimum Gasteiger partial charge on any atom is -0.340 e. The number of halogens is 1. The van der Waals surface area contributed by atoms with Gasteiger partial charge in [-0.05, 0) is 41.5 Å². The molecular weight excluding hydrogens is 332 g/mol. The van der Waals surface area contributed by atoms with Gasteiger partial charge in [-0.1, -0.05) is 48.0 Å². The Kier molecular flexibility index (Phi) is 3.25. The fraction of sp³-hybridized carbons (Fsp3) is 0.100. The molecule has 2 aliphatic rings. The van der Waals surface area contributed by atoms with Crippen molar-refractivity contribution in [2.75, 3.05) is 0 Å². The summed E-state index contributed by atoms with van der Waals surface area (Å²) in [6.45, 7) is 0. The highest BCUT2D eigenvalue weighted by Gasteiger charge is 2.32. The predicted octanol–water partition coefficient (Wildman–Crippen LogP) is 4.63. The highest BCUT2D eigenvalue weighted by Crippen LogP contribution is 2.32. The number of rotatable bonds is 2. The molecule has 5 rings (SSSR count). The van der Waals surface area contributed by atoms with E-state index in [-0.39, 0.29) is 12.0 Å². The Morgan fingerprint density at radius 3 is 2.84 bits per heavy atom. The van der Waals surface area contributed by atoms with Gasteiger partial charge in [0, 0.05) is 5.02 Å². The van der Waals surface area contributed by atoms with E-state index in [9.17, 15) is 0 Å². The minimum atomic E-state index is 0.0400. The van der Waals surface area contributed by atoms with Gasteiger partial charge in [0.25, 0.3) is 0 Å². The molecule has 1 aliphatic heterocycles. The summed E-state index contributed by atoms with van der Waals surface area (Å²) in [6, 6.07) is 14.1. The molecule has 4 nitrogen and oxygen atoms in total. The maximum atomic E-state index is 6.11. The van der Waals surface area contributed by atoms with Crippen molar-refractivity contribution in [3.05, 3.63) is 77.6 Å². The van der Waals surface area contributed by atoms with Crippen molar-refractivity contribution < 1.29 is 0 Å². The number of fused-ring (bicyclic) bond motifs is 2. The Morgan fingerprint density at radius 2 is 1.92 bits per heavy atom. The predicted molar refractivity (Wildman–Crippen MR) is 102 cm³/mol. The molecule has 2 atom stereocenters. The Labute approximate surface area is 149 Å². The van der Waals surface area contributed by atoms with Gasteiger partial charge in [0.1, 0.15) is 11.9 Å². The summed E-state index contributed by atoms with van der Waals surface area (Å²) in [5, 5.41) is 5.15. The third kappa shape index (κ3) is 2.46. The summed E-state index contributed by atoms with van der Waals surface area (Å²) in [5.74, 6) is 1.12. The average molecular weight is 347 g/mol. The lowest BCUT2D eigenvalue weighted by molar-refractivity contribution is 0.531. The highest BCUT2D eigenvalue weighted by molar-refractivity contribution is 6.30. The molecule has 5 heteroatoms. The quantitative estimate of drug-likeness (QED) is 0.711. The van der Waals surface area contributed by atoms with E-state index in [1.165, 1.54) is 0 Å². The summed E-state index contributed by atoms with van der Waals surface area (Å²) in [4.78, 5) is 8.22. The van der Waals surface area contributed by atoms with Gasteiger partial charge >= 0.3 is 0 Å². The summed E-state index contributed by atoms with van der Waals surface area (Å²) in [5.41, 5.74) is 8.42. The first-order valence-corrected chi connectivity index (χ1v) is 8.59. The van der Waals surface area contributed by atoms with Crippen LogP contribution in [0.1, 0.15) is 11.9 Å². The zero-order valence-electron chi connectivity index (χ0n) is 13.3. The van der Waals surface area contributed by atoms with Crippen LogP contribution in [-0.4, -0.2) is 15.7 Å². The summed E-state index contributed by atoms with van der Waals surface area (Å²) >= 11 is 6.11. The van der Waals surface area contributed by atoms with E-state index in [0.717, 1.165) is 38.7 Å². The number of aromatic amines is 1. The molecule has 0 amide bonds. The molecule has 0 spiro atoms. The fourth-order valence-electron chi connectivity index (χ4n) is 3.42. The number of aromatic nitrogens is 2. The molecule has 2 unspecified atom stereocenters. The summed E-state index contributed by atoms with van der Waals surface area (Å²) in [7, 11) is 0. The van der Waals surface area contributed by atoms with Crippen molar-refractivity contribution >= 4 is 28.3 Å². The summed E-state index contributed by atoms with van der Waals surface area (Å²) in [6.07, 6.45) is 8.27. The number of allylic oxidation sites excluding steroid dienone is 3. The van der Waals surface area contributed by atoms with Crippen LogP contribution in [0.3, 0.4) is 0 Å². The van der Waals surface area contributed by atoms with E-state index < -0.39 is 0 Å². The first-order chi connectivity index (χ1) is 12.3. The number of benzene rings is 2. The van der Waals surface area contributed by atoms with Crippen molar-refractivity contribution in [3.8, 4) is 11.1 Å². The SMILES string of the molecule is Clc1cccc(-c2ccc3nc(C4NN=C5C=CC=CC54)[nH]c3c2)c1. The van der Waals surface area contributed by atoms with Crippen molar-refractivity contribution in [2.45, 2.75) is 6.04 Å². The highest BCUT2D eigenvalue weighted by atomic mass is 35.5. The molecule has 0 saturated heterocycles. The summed E-state index contributed by atoms with van der Waals surface area (Å²) < 4.78 is 0. The van der Waals surface area contributed by atoms with Gasteiger partial charge in [0.15, 0.2) is 0 Å². The van der Waals surface area contributed by atoms with E-state index in [0.29, 0.717) is 0 Å². The number of hydrazone groups is 1. The molecule has 0 saturated carbocycles. The van der Waals surface area contributed by atoms with Crippen LogP contribution in [0.15, 0.2) is 71.9 Å². The number of imidazole rings is 1. The molecule has 2 N–H and O–H groups in total. The fourth-order valence-corrected chi connectivity index (χ4v) is 3.61. The second-order valence-electron chi connectivity index (χ2n) is 6.28. The van der Waals surface area contributed by atoms with Gasteiger partial charge in [-0.3, -0.25) is 5.43 Å². The van der Waals surface area contributed by atoms with Crippen LogP contribution in [-0.2, 0) is 0 Å². The van der Waals surface area contributed by atoms with Gasteiger partial charge in [-0.25, -0.2) is 4.98 Å². The standard InChI is InChI=1S/C20H15ClN4/c21-14-5-3-4-12(10-14)13-8-9-17-18(11-13)23-20(22-17)19-15-6-1-2-7-16(15)24-25-19/h1-11,15,19,25H,(H,22,23). The van der Waals surface area contributed by atoms with Crippen LogP contribution >= 0.6 is 11.6 Å². The molecule has 3 aromatic rings.